The van der Waals surface area contributed by atoms with Gasteiger partial charge in [0.05, 0.1) is 7.11 Å². The number of benzene rings is 1. The van der Waals surface area contributed by atoms with Crippen LogP contribution in [0.1, 0.15) is 12.0 Å². The van der Waals surface area contributed by atoms with Crippen LogP contribution in [0.15, 0.2) is 23.8 Å². The van der Waals surface area contributed by atoms with E-state index in [0.29, 0.717) is 0 Å². The predicted octanol–water partition coefficient (Wildman–Crippen LogP) is 3.01. The van der Waals surface area contributed by atoms with E-state index < -0.39 is 0 Å². The number of anilines is 1. The molecule has 0 amide bonds. The van der Waals surface area contributed by atoms with Gasteiger partial charge >= 0.3 is 0 Å². The summed E-state index contributed by atoms with van der Waals surface area (Å²) < 4.78 is 5.30. The van der Waals surface area contributed by atoms with Crippen molar-refractivity contribution in [2.45, 2.75) is 6.42 Å². The Bertz CT molecular complexity index is 453. The zero-order chi connectivity index (χ0) is 11.0. The maximum Gasteiger partial charge on any atom is 0.119 e. The Morgan fingerprint density at radius 2 is 2.31 bits per heavy atom. The van der Waals surface area contributed by atoms with Crippen LogP contribution in [0.25, 0.3) is 5.57 Å². The molecule has 0 aromatic heterocycles. The lowest BCUT2D eigenvalue weighted by Crippen LogP contribution is -2.18. The minimum absolute atomic E-state index is 0.951. The zero-order valence-corrected chi connectivity index (χ0v) is 10.2. The second-order valence-electron chi connectivity index (χ2n) is 4.15. The smallest absolute Gasteiger partial charge is 0.119 e. The summed E-state index contributed by atoms with van der Waals surface area (Å²) in [6, 6.07) is 6.31. The monoisotopic (exact) mass is 233 g/mol. The highest BCUT2D eigenvalue weighted by atomic mass is 32.2. The van der Waals surface area contributed by atoms with Crippen molar-refractivity contribution in [2.24, 2.45) is 0 Å². The number of hydrogen-bond acceptors (Lipinski definition) is 3. The maximum atomic E-state index is 5.30. The molecule has 1 aromatic rings. The van der Waals surface area contributed by atoms with Crippen LogP contribution in [0.2, 0.25) is 0 Å². The first-order valence-electron chi connectivity index (χ1n) is 5.59. The summed E-state index contributed by atoms with van der Waals surface area (Å²) in [4.78, 5) is 0. The third-order valence-corrected chi connectivity index (χ3v) is 4.29. The van der Waals surface area contributed by atoms with Crippen molar-refractivity contribution in [3.05, 3.63) is 29.3 Å². The number of ether oxygens (including phenoxy) is 1. The summed E-state index contributed by atoms with van der Waals surface area (Å²) in [5.74, 6) is 3.38. The van der Waals surface area contributed by atoms with Crippen LogP contribution < -0.4 is 10.1 Å². The molecule has 0 fully saturated rings. The Kier molecular flexibility index (Phi) is 2.56. The Hall–Kier alpha value is -1.09. The van der Waals surface area contributed by atoms with Gasteiger partial charge in [0.2, 0.25) is 0 Å². The predicted molar refractivity (Wildman–Crippen MR) is 70.3 cm³/mol. The van der Waals surface area contributed by atoms with E-state index in [1.165, 1.54) is 29.2 Å². The molecule has 2 aliphatic heterocycles. The van der Waals surface area contributed by atoms with Crippen molar-refractivity contribution in [3.8, 4) is 5.75 Å². The number of methoxy groups -OCH3 is 1. The van der Waals surface area contributed by atoms with Gasteiger partial charge in [0.15, 0.2) is 0 Å². The van der Waals surface area contributed by atoms with Gasteiger partial charge < -0.3 is 10.1 Å². The molecule has 0 bridgehead atoms. The van der Waals surface area contributed by atoms with E-state index in [2.05, 4.69) is 17.4 Å². The summed E-state index contributed by atoms with van der Waals surface area (Å²) in [6.07, 6.45) is 1.20. The Morgan fingerprint density at radius 1 is 1.38 bits per heavy atom. The first kappa shape index (κ1) is 10.1. The Morgan fingerprint density at radius 3 is 3.19 bits per heavy atom. The van der Waals surface area contributed by atoms with Crippen LogP contribution in [-0.2, 0) is 0 Å². The van der Waals surface area contributed by atoms with Crippen LogP contribution in [-0.4, -0.2) is 25.2 Å². The van der Waals surface area contributed by atoms with Crippen LogP contribution in [0.3, 0.4) is 0 Å². The van der Waals surface area contributed by atoms with Gasteiger partial charge in [0, 0.05) is 23.5 Å². The molecule has 0 spiro atoms. The molecule has 1 aromatic carbocycles. The summed E-state index contributed by atoms with van der Waals surface area (Å²) >= 11 is 2.04. The van der Waals surface area contributed by atoms with Gasteiger partial charge in [-0.3, -0.25) is 0 Å². The summed E-state index contributed by atoms with van der Waals surface area (Å²) in [5, 5.41) is 3.49. The normalized spacial score (nSPS) is 18.6. The highest BCUT2D eigenvalue weighted by Gasteiger charge is 2.21. The highest BCUT2D eigenvalue weighted by molar-refractivity contribution is 7.99. The molecule has 0 saturated heterocycles. The number of fused-ring (bicyclic) bond motifs is 2. The summed E-state index contributed by atoms with van der Waals surface area (Å²) in [6.45, 7) is 1.02. The average Bonchev–Trinajstić information content (AvgIpc) is 2.38. The standard InChI is InChI=1S/C13H15NOS/c1-15-10-2-3-13-12(6-10)11-4-5-16-8-9(11)7-14-13/h2-3,6,14H,4-5,7-8H2,1H3. The SMILES string of the molecule is COc1ccc2c(c1)C1=C(CN2)CSCC1. The van der Waals surface area contributed by atoms with Gasteiger partial charge in [-0.15, -0.1) is 0 Å². The first-order valence-corrected chi connectivity index (χ1v) is 6.75. The maximum absolute atomic E-state index is 5.30. The van der Waals surface area contributed by atoms with E-state index in [1.807, 2.05) is 17.8 Å². The second-order valence-corrected chi connectivity index (χ2v) is 5.25. The molecule has 2 aliphatic rings. The van der Waals surface area contributed by atoms with Gasteiger partial charge in [-0.2, -0.15) is 11.8 Å². The van der Waals surface area contributed by atoms with E-state index >= 15 is 0 Å². The van der Waals surface area contributed by atoms with E-state index in [0.717, 1.165) is 12.3 Å². The lowest BCUT2D eigenvalue weighted by molar-refractivity contribution is 0.414. The van der Waals surface area contributed by atoms with Gasteiger partial charge in [-0.05, 0) is 41.5 Å². The number of allylic oxidation sites excluding steroid dienone is 1. The van der Waals surface area contributed by atoms with Crippen LogP contribution in [0.4, 0.5) is 5.69 Å². The van der Waals surface area contributed by atoms with Crippen molar-refractivity contribution in [1.29, 1.82) is 0 Å². The minimum atomic E-state index is 0.951. The van der Waals surface area contributed by atoms with Crippen molar-refractivity contribution >= 4 is 23.0 Å². The number of thioether (sulfide) groups is 1. The van der Waals surface area contributed by atoms with Crippen LogP contribution in [0.5, 0.6) is 5.75 Å². The number of hydrogen-bond donors (Lipinski definition) is 1. The fraction of sp³-hybridized carbons (Fsp3) is 0.385. The molecule has 16 heavy (non-hydrogen) atoms. The number of nitrogens with one attached hydrogen (secondary N) is 1. The van der Waals surface area contributed by atoms with Crippen molar-refractivity contribution in [3.63, 3.8) is 0 Å². The third kappa shape index (κ3) is 1.59. The first-order chi connectivity index (χ1) is 7.88. The fourth-order valence-electron chi connectivity index (χ4n) is 2.37. The molecule has 2 heterocycles. The molecule has 3 heteroatoms. The third-order valence-electron chi connectivity index (χ3n) is 3.24. The molecule has 3 rings (SSSR count). The van der Waals surface area contributed by atoms with Gasteiger partial charge in [-0.25, -0.2) is 0 Å². The van der Waals surface area contributed by atoms with E-state index in [4.69, 9.17) is 4.74 Å². The molecule has 84 valence electrons. The molecular weight excluding hydrogens is 218 g/mol. The van der Waals surface area contributed by atoms with Gasteiger partial charge in [-0.1, -0.05) is 0 Å². The van der Waals surface area contributed by atoms with Crippen LogP contribution >= 0.6 is 11.8 Å². The van der Waals surface area contributed by atoms with Crippen molar-refractivity contribution in [2.75, 3.05) is 30.5 Å². The van der Waals surface area contributed by atoms with Gasteiger partial charge in [0.1, 0.15) is 5.75 Å². The fourth-order valence-corrected chi connectivity index (χ4v) is 3.39. The molecule has 1 N–H and O–H groups in total. The topological polar surface area (TPSA) is 21.3 Å². The van der Waals surface area contributed by atoms with Crippen molar-refractivity contribution in [1.82, 2.24) is 0 Å². The van der Waals surface area contributed by atoms with E-state index in [-0.39, 0.29) is 0 Å². The Labute approximate surface area is 100 Å². The lowest BCUT2D eigenvalue weighted by Gasteiger charge is -2.28. The molecule has 2 nitrogen and oxygen atoms in total. The molecule has 0 radical (unpaired) electrons. The highest BCUT2D eigenvalue weighted by Crippen LogP contribution is 2.39. The average molecular weight is 233 g/mol. The lowest BCUT2D eigenvalue weighted by atomic mass is 9.93. The quantitative estimate of drug-likeness (QED) is 0.805. The molecular formula is C13H15NOS. The summed E-state index contributed by atoms with van der Waals surface area (Å²) in [5.41, 5.74) is 5.72. The van der Waals surface area contributed by atoms with Crippen LogP contribution in [0, 0.1) is 0 Å². The number of rotatable bonds is 1. The Balaban J connectivity index is 2.10. The molecule has 0 atom stereocenters. The summed E-state index contributed by atoms with van der Waals surface area (Å²) in [7, 11) is 1.73. The molecule has 0 saturated carbocycles. The zero-order valence-electron chi connectivity index (χ0n) is 9.38. The molecule has 0 unspecified atom stereocenters. The largest absolute Gasteiger partial charge is 0.497 e. The van der Waals surface area contributed by atoms with E-state index in [9.17, 15) is 0 Å². The molecule has 0 aliphatic carbocycles. The van der Waals surface area contributed by atoms with Crippen molar-refractivity contribution < 1.29 is 4.74 Å². The second kappa shape index (κ2) is 4.06. The minimum Gasteiger partial charge on any atom is -0.497 e. The van der Waals surface area contributed by atoms with Gasteiger partial charge in [0.25, 0.3) is 0 Å². The van der Waals surface area contributed by atoms with E-state index in [1.54, 1.807) is 18.3 Å².